The second kappa shape index (κ2) is 20.4. The lowest BCUT2D eigenvalue weighted by Gasteiger charge is -2.16. The molecule has 2 atom stereocenters. The van der Waals surface area contributed by atoms with E-state index >= 15 is 0 Å². The summed E-state index contributed by atoms with van der Waals surface area (Å²) in [7, 11) is 0. The maximum Gasteiger partial charge on any atom is 0.425 e. The highest BCUT2D eigenvalue weighted by Crippen LogP contribution is 2.21. The minimum absolute atomic E-state index is 0.134. The smallest absolute Gasteiger partial charge is 0.425 e. The fourth-order valence-electron chi connectivity index (χ4n) is 3.83. The first-order valence-corrected chi connectivity index (χ1v) is 13.1. The summed E-state index contributed by atoms with van der Waals surface area (Å²) in [4.78, 5) is 70.8. The van der Waals surface area contributed by atoms with E-state index in [4.69, 9.17) is 10.2 Å². The molecule has 0 heterocycles. The van der Waals surface area contributed by atoms with Crippen molar-refractivity contribution in [3.63, 3.8) is 0 Å². The molecule has 10 nitrogen and oxygen atoms in total. The molecule has 0 spiro atoms. The Morgan fingerprint density at radius 2 is 0.861 bits per heavy atom. The van der Waals surface area contributed by atoms with Crippen molar-refractivity contribution in [2.24, 2.45) is 11.8 Å². The molecule has 0 aromatic heterocycles. The van der Waals surface area contributed by atoms with Gasteiger partial charge in [-0.2, -0.15) is 0 Å². The number of esters is 4. The van der Waals surface area contributed by atoms with Gasteiger partial charge in [0.2, 0.25) is 0 Å². The Morgan fingerprint density at radius 3 is 1.17 bits per heavy atom. The number of carboxylic acid groups (broad SMARTS) is 2. The molecule has 0 radical (unpaired) electrons. The highest BCUT2D eigenvalue weighted by Gasteiger charge is 2.30. The number of hydrogen-bond donors (Lipinski definition) is 2. The molecular weight excluding hydrogens is 472 g/mol. The first-order valence-electron chi connectivity index (χ1n) is 13.1. The van der Waals surface area contributed by atoms with E-state index in [1.165, 1.54) is 0 Å². The van der Waals surface area contributed by atoms with Crippen molar-refractivity contribution in [1.29, 1.82) is 0 Å². The molecule has 0 rings (SSSR count). The van der Waals surface area contributed by atoms with E-state index < -0.39 is 47.7 Å². The van der Waals surface area contributed by atoms with Gasteiger partial charge in [-0.25, -0.2) is 9.59 Å². The Hall–Kier alpha value is -2.78. The van der Waals surface area contributed by atoms with Gasteiger partial charge in [-0.3, -0.25) is 19.2 Å². The minimum Gasteiger partial charge on any atom is -0.481 e. The second-order valence-electron chi connectivity index (χ2n) is 9.08. The molecule has 0 aliphatic carbocycles. The Balaban J connectivity index is 4.95. The van der Waals surface area contributed by atoms with Crippen molar-refractivity contribution in [1.82, 2.24) is 0 Å². The van der Waals surface area contributed by atoms with Crippen molar-refractivity contribution in [3.8, 4) is 0 Å². The first-order chi connectivity index (χ1) is 17.1. The lowest BCUT2D eigenvalue weighted by atomic mass is 9.95. The van der Waals surface area contributed by atoms with Gasteiger partial charge in [0, 0.05) is 12.8 Å². The normalized spacial score (nSPS) is 12.4. The average molecular weight is 515 g/mol. The summed E-state index contributed by atoms with van der Waals surface area (Å²) in [5.41, 5.74) is 0. The monoisotopic (exact) mass is 514 g/mol. The fraction of sp³-hybridized carbons (Fsp3) is 0.769. The Labute approximate surface area is 213 Å². The van der Waals surface area contributed by atoms with Crippen molar-refractivity contribution in [2.45, 2.75) is 117 Å². The quantitative estimate of drug-likeness (QED) is 0.0998. The summed E-state index contributed by atoms with van der Waals surface area (Å²) in [6.45, 7) is 4.07. The Kier molecular flexibility index (Phi) is 18.8. The minimum atomic E-state index is -1.60. The first kappa shape index (κ1) is 33.2. The Morgan fingerprint density at radius 1 is 0.528 bits per heavy atom. The largest absolute Gasteiger partial charge is 0.481 e. The highest BCUT2D eigenvalue weighted by molar-refractivity contribution is 6.33. The van der Waals surface area contributed by atoms with Gasteiger partial charge in [0.1, 0.15) is 0 Å². The van der Waals surface area contributed by atoms with Crippen LogP contribution in [0.1, 0.15) is 117 Å². The van der Waals surface area contributed by atoms with Crippen LogP contribution in [-0.4, -0.2) is 46.0 Å². The molecule has 206 valence electrons. The van der Waals surface area contributed by atoms with Crippen LogP contribution in [0, 0.1) is 11.8 Å². The molecular formula is C26H42O10. The summed E-state index contributed by atoms with van der Waals surface area (Å²) in [6.07, 6.45) is 8.37. The van der Waals surface area contributed by atoms with Crippen LogP contribution in [0.3, 0.4) is 0 Å². The highest BCUT2D eigenvalue weighted by atomic mass is 16.6. The predicted octanol–water partition coefficient (Wildman–Crippen LogP) is 4.81. The standard InChI is InChI=1S/C26H42O10/c1-3-5-7-9-13-19(15-11-17-21(27)28)23(31)35-25(33)26(34)36-24(32)20(14-10-8-6-4-2)16-12-18-22(29)30/h19-20H,3-18H2,1-2H3,(H,27,28)(H,29,30). The molecule has 0 bridgehead atoms. The van der Waals surface area contributed by atoms with Gasteiger partial charge < -0.3 is 19.7 Å². The van der Waals surface area contributed by atoms with E-state index in [0.29, 0.717) is 25.7 Å². The molecule has 0 fully saturated rings. The zero-order valence-corrected chi connectivity index (χ0v) is 21.6. The molecule has 0 saturated heterocycles. The van der Waals surface area contributed by atoms with Crippen molar-refractivity contribution >= 4 is 35.8 Å². The number of hydrogen-bond acceptors (Lipinski definition) is 8. The molecule has 2 unspecified atom stereocenters. The molecule has 0 aliphatic heterocycles. The zero-order valence-electron chi connectivity index (χ0n) is 21.6. The molecule has 36 heavy (non-hydrogen) atoms. The van der Waals surface area contributed by atoms with Crippen LogP contribution in [-0.2, 0) is 38.2 Å². The van der Waals surface area contributed by atoms with E-state index in [0.717, 1.165) is 38.5 Å². The number of unbranched alkanes of at least 4 members (excludes halogenated alkanes) is 6. The summed E-state index contributed by atoms with van der Waals surface area (Å²) < 4.78 is 9.33. The van der Waals surface area contributed by atoms with Crippen LogP contribution in [0.25, 0.3) is 0 Å². The zero-order chi connectivity index (χ0) is 27.3. The predicted molar refractivity (Wildman–Crippen MR) is 130 cm³/mol. The van der Waals surface area contributed by atoms with Crippen LogP contribution < -0.4 is 0 Å². The summed E-state index contributed by atoms with van der Waals surface area (Å²) in [5.74, 6) is -8.56. The summed E-state index contributed by atoms with van der Waals surface area (Å²) in [5, 5.41) is 17.7. The fourth-order valence-corrected chi connectivity index (χ4v) is 3.83. The van der Waals surface area contributed by atoms with Gasteiger partial charge in [0.25, 0.3) is 0 Å². The van der Waals surface area contributed by atoms with Crippen LogP contribution in [0.2, 0.25) is 0 Å². The van der Waals surface area contributed by atoms with Crippen LogP contribution >= 0.6 is 0 Å². The second-order valence-corrected chi connectivity index (χ2v) is 9.08. The van der Waals surface area contributed by atoms with E-state index in [2.05, 4.69) is 9.47 Å². The number of rotatable bonds is 20. The van der Waals surface area contributed by atoms with Crippen LogP contribution in [0.15, 0.2) is 0 Å². The van der Waals surface area contributed by atoms with Gasteiger partial charge in [-0.1, -0.05) is 65.2 Å². The van der Waals surface area contributed by atoms with Gasteiger partial charge >= 0.3 is 35.8 Å². The number of aliphatic carboxylic acids is 2. The number of carboxylic acids is 2. The van der Waals surface area contributed by atoms with Gasteiger partial charge in [-0.05, 0) is 38.5 Å². The van der Waals surface area contributed by atoms with Gasteiger partial charge in [-0.15, -0.1) is 0 Å². The molecule has 0 saturated carbocycles. The van der Waals surface area contributed by atoms with Crippen LogP contribution in [0.4, 0.5) is 0 Å². The number of carbonyl (C=O) groups is 6. The maximum atomic E-state index is 12.5. The van der Waals surface area contributed by atoms with Crippen molar-refractivity contribution in [2.75, 3.05) is 0 Å². The SMILES string of the molecule is CCCCCCC(CCCC(=O)O)C(=O)OC(=O)C(=O)OC(=O)C(CCCCCC)CCCC(=O)O. The number of carbonyl (C=O) groups excluding carboxylic acids is 4. The lowest BCUT2D eigenvalue weighted by Crippen LogP contribution is -2.31. The van der Waals surface area contributed by atoms with E-state index in [1.54, 1.807) is 0 Å². The van der Waals surface area contributed by atoms with Crippen molar-refractivity contribution in [3.05, 3.63) is 0 Å². The summed E-state index contributed by atoms with van der Waals surface area (Å²) in [6, 6.07) is 0. The maximum absolute atomic E-state index is 12.5. The third kappa shape index (κ3) is 16.8. The molecule has 10 heteroatoms. The Bertz CT molecular complexity index is 656. The lowest BCUT2D eigenvalue weighted by molar-refractivity contribution is -0.180. The molecule has 0 aromatic rings. The van der Waals surface area contributed by atoms with E-state index in [1.807, 2.05) is 13.8 Å². The third-order valence-electron chi connectivity index (χ3n) is 5.92. The molecule has 0 aromatic carbocycles. The van der Waals surface area contributed by atoms with Gasteiger partial charge in [0.15, 0.2) is 0 Å². The van der Waals surface area contributed by atoms with Gasteiger partial charge in [0.05, 0.1) is 11.8 Å². The van der Waals surface area contributed by atoms with E-state index in [-0.39, 0.29) is 38.5 Å². The topological polar surface area (TPSA) is 161 Å². The molecule has 0 amide bonds. The molecule has 0 aliphatic rings. The average Bonchev–Trinajstić information content (AvgIpc) is 2.81. The molecule has 2 N–H and O–H groups in total. The number of ether oxygens (including phenoxy) is 2. The summed E-state index contributed by atoms with van der Waals surface area (Å²) >= 11 is 0. The van der Waals surface area contributed by atoms with E-state index in [9.17, 15) is 28.8 Å². The third-order valence-corrected chi connectivity index (χ3v) is 5.92. The van der Waals surface area contributed by atoms with Crippen molar-refractivity contribution < 1.29 is 48.5 Å². The van der Waals surface area contributed by atoms with Crippen LogP contribution in [0.5, 0.6) is 0 Å².